The molecule has 4 rings (SSSR count). The van der Waals surface area contributed by atoms with Gasteiger partial charge in [0.2, 0.25) is 0 Å². The Labute approximate surface area is 60.4 Å². The molecule has 4 fully saturated rings. The van der Waals surface area contributed by atoms with Crippen molar-refractivity contribution in [2.45, 2.75) is 25.4 Å². The normalized spacial score (nSPS) is 71.1. The van der Waals surface area contributed by atoms with Gasteiger partial charge in [-0.3, -0.25) is 0 Å². The Kier molecular flexibility index (Phi) is 0.471. The van der Waals surface area contributed by atoms with Gasteiger partial charge < -0.3 is 5.11 Å². The van der Waals surface area contributed by atoms with E-state index in [2.05, 4.69) is 0 Å². The van der Waals surface area contributed by atoms with Gasteiger partial charge in [-0.1, -0.05) is 0 Å². The number of rotatable bonds is 0. The first kappa shape index (κ1) is 4.76. The molecular formula is C9H12O. The van der Waals surface area contributed by atoms with E-state index in [0.717, 1.165) is 35.5 Å². The molecule has 0 saturated heterocycles. The molecule has 0 aromatic rings. The molecule has 5 atom stereocenters. The maximum Gasteiger partial charge on any atom is 0.0577 e. The Morgan fingerprint density at radius 2 is 2.00 bits per heavy atom. The largest absolute Gasteiger partial charge is 0.393 e. The summed E-state index contributed by atoms with van der Waals surface area (Å²) in [6, 6.07) is 0. The molecule has 4 saturated carbocycles. The van der Waals surface area contributed by atoms with Gasteiger partial charge in [0.25, 0.3) is 0 Å². The van der Waals surface area contributed by atoms with Crippen molar-refractivity contribution in [3.8, 4) is 0 Å². The molecule has 1 heteroatoms. The molecule has 54 valence electrons. The molecule has 1 nitrogen and oxygen atoms in total. The van der Waals surface area contributed by atoms with Crippen LogP contribution in [0.5, 0.6) is 0 Å². The van der Waals surface area contributed by atoms with Crippen LogP contribution in [0.2, 0.25) is 0 Å². The van der Waals surface area contributed by atoms with E-state index in [9.17, 15) is 5.11 Å². The highest BCUT2D eigenvalue weighted by Gasteiger charge is 2.85. The summed E-state index contributed by atoms with van der Waals surface area (Å²) < 4.78 is 0. The van der Waals surface area contributed by atoms with Gasteiger partial charge >= 0.3 is 0 Å². The molecule has 10 heavy (non-hydrogen) atoms. The minimum absolute atomic E-state index is 0.117. The van der Waals surface area contributed by atoms with Crippen molar-refractivity contribution in [2.75, 3.05) is 0 Å². The summed E-state index contributed by atoms with van der Waals surface area (Å²) in [5, 5.41) is 9.50. The van der Waals surface area contributed by atoms with Crippen molar-refractivity contribution in [3.05, 3.63) is 0 Å². The highest BCUT2D eigenvalue weighted by atomic mass is 16.3. The highest BCUT2D eigenvalue weighted by molar-refractivity contribution is 5.32. The van der Waals surface area contributed by atoms with E-state index in [1.165, 1.54) is 12.8 Å². The van der Waals surface area contributed by atoms with Crippen LogP contribution >= 0.6 is 0 Å². The van der Waals surface area contributed by atoms with E-state index < -0.39 is 0 Å². The van der Waals surface area contributed by atoms with Crippen molar-refractivity contribution in [1.29, 1.82) is 0 Å². The van der Waals surface area contributed by atoms with Gasteiger partial charge in [0.1, 0.15) is 0 Å². The van der Waals surface area contributed by atoms with Crippen LogP contribution in [0.3, 0.4) is 0 Å². The van der Waals surface area contributed by atoms with Crippen molar-refractivity contribution < 1.29 is 5.11 Å². The van der Waals surface area contributed by atoms with Gasteiger partial charge in [0, 0.05) is 0 Å². The molecule has 0 aromatic heterocycles. The highest BCUT2D eigenvalue weighted by Crippen LogP contribution is 2.88. The summed E-state index contributed by atoms with van der Waals surface area (Å²) in [4.78, 5) is 0. The summed E-state index contributed by atoms with van der Waals surface area (Å²) in [6.07, 6.45) is 4.28. The van der Waals surface area contributed by atoms with E-state index in [0.29, 0.717) is 0 Å². The third kappa shape index (κ3) is 0.254. The lowest BCUT2D eigenvalue weighted by atomic mass is 9.67. The van der Waals surface area contributed by atoms with Crippen molar-refractivity contribution >= 4 is 0 Å². The van der Waals surface area contributed by atoms with Crippen molar-refractivity contribution in [1.82, 2.24) is 0 Å². The molecule has 0 heterocycles. The minimum atomic E-state index is 0.117. The van der Waals surface area contributed by atoms with E-state index in [4.69, 9.17) is 0 Å². The fraction of sp³-hybridized carbons (Fsp3) is 1.00. The van der Waals surface area contributed by atoms with Crippen LogP contribution in [0.25, 0.3) is 0 Å². The molecular weight excluding hydrogens is 124 g/mol. The monoisotopic (exact) mass is 136 g/mol. The average Bonchev–Trinajstić information content (AvgIpc) is 2.77. The zero-order valence-electron chi connectivity index (χ0n) is 5.96. The van der Waals surface area contributed by atoms with Gasteiger partial charge in [-0.15, -0.1) is 0 Å². The molecule has 0 bridgehead atoms. The van der Waals surface area contributed by atoms with Gasteiger partial charge in [-0.2, -0.15) is 0 Å². The second-order valence-electron chi connectivity index (χ2n) is 4.82. The van der Waals surface area contributed by atoms with E-state index in [1.54, 1.807) is 0 Å². The number of aliphatic hydroxyl groups excluding tert-OH is 1. The minimum Gasteiger partial charge on any atom is -0.393 e. The standard InChI is InChI=1S/C9H12O/c10-5-3-4-6-7(5)8(6)9(4)1-2-9/h4-8,10H,1-3H2. The fourth-order valence-electron chi connectivity index (χ4n) is 4.31. The maximum atomic E-state index is 9.50. The quantitative estimate of drug-likeness (QED) is 0.527. The molecule has 1 spiro atoms. The zero-order chi connectivity index (χ0) is 6.51. The van der Waals surface area contributed by atoms with Gasteiger partial charge in [-0.05, 0) is 48.3 Å². The smallest absolute Gasteiger partial charge is 0.0577 e. The van der Waals surface area contributed by atoms with Crippen molar-refractivity contribution in [2.24, 2.45) is 29.1 Å². The van der Waals surface area contributed by atoms with Gasteiger partial charge in [-0.25, -0.2) is 0 Å². The number of hydrogen-bond donors (Lipinski definition) is 1. The second kappa shape index (κ2) is 0.989. The lowest BCUT2D eigenvalue weighted by Gasteiger charge is -2.38. The first-order valence-electron chi connectivity index (χ1n) is 4.53. The Bertz CT molecular complexity index is 215. The molecule has 0 radical (unpaired) electrons. The van der Waals surface area contributed by atoms with E-state index in [-0.39, 0.29) is 6.10 Å². The topological polar surface area (TPSA) is 20.2 Å². The Hall–Kier alpha value is -0.0400. The first-order chi connectivity index (χ1) is 4.84. The molecule has 0 amide bonds. The van der Waals surface area contributed by atoms with Gasteiger partial charge in [0.05, 0.1) is 6.10 Å². The lowest BCUT2D eigenvalue weighted by Crippen LogP contribution is -2.35. The third-order valence-corrected chi connectivity index (χ3v) is 4.77. The van der Waals surface area contributed by atoms with Crippen LogP contribution in [-0.4, -0.2) is 11.2 Å². The molecule has 1 N–H and O–H groups in total. The van der Waals surface area contributed by atoms with E-state index in [1.807, 2.05) is 0 Å². The summed E-state index contributed by atoms with van der Waals surface area (Å²) >= 11 is 0. The molecule has 0 aromatic carbocycles. The molecule has 4 aliphatic carbocycles. The van der Waals surface area contributed by atoms with Gasteiger partial charge in [0.15, 0.2) is 0 Å². The zero-order valence-corrected chi connectivity index (χ0v) is 5.96. The predicted molar refractivity (Wildman–Crippen MR) is 36.3 cm³/mol. The third-order valence-electron chi connectivity index (χ3n) is 4.77. The summed E-state index contributed by atoms with van der Waals surface area (Å²) in [5.74, 6) is 3.80. The lowest BCUT2D eigenvalue weighted by molar-refractivity contribution is 0.0415. The van der Waals surface area contributed by atoms with Crippen LogP contribution in [0.1, 0.15) is 19.3 Å². The number of aliphatic hydroxyl groups is 1. The Morgan fingerprint density at radius 3 is 2.40 bits per heavy atom. The fourth-order valence-corrected chi connectivity index (χ4v) is 4.31. The molecule has 0 aliphatic heterocycles. The van der Waals surface area contributed by atoms with Crippen LogP contribution in [0.15, 0.2) is 0 Å². The number of hydrogen-bond acceptors (Lipinski definition) is 1. The summed E-state index contributed by atoms with van der Waals surface area (Å²) in [6.45, 7) is 0. The SMILES string of the molecule is OC1CC2C3C1C3C21CC1. The Balaban J connectivity index is 1.81. The molecule has 5 unspecified atom stereocenters. The second-order valence-corrected chi connectivity index (χ2v) is 4.82. The van der Waals surface area contributed by atoms with E-state index >= 15 is 0 Å². The predicted octanol–water partition coefficient (Wildman–Crippen LogP) is 1.02. The van der Waals surface area contributed by atoms with Crippen LogP contribution in [-0.2, 0) is 0 Å². The first-order valence-corrected chi connectivity index (χ1v) is 4.53. The van der Waals surface area contributed by atoms with Crippen LogP contribution in [0.4, 0.5) is 0 Å². The van der Waals surface area contributed by atoms with Crippen LogP contribution < -0.4 is 0 Å². The summed E-state index contributed by atoms with van der Waals surface area (Å²) in [5.41, 5.74) is 0.842. The number of fused-ring (bicyclic) bond motifs is 3. The van der Waals surface area contributed by atoms with Crippen LogP contribution in [0, 0.1) is 29.1 Å². The average molecular weight is 136 g/mol. The Morgan fingerprint density at radius 1 is 1.20 bits per heavy atom. The maximum absolute atomic E-state index is 9.50. The summed E-state index contributed by atoms with van der Waals surface area (Å²) in [7, 11) is 0. The molecule has 4 aliphatic rings. The van der Waals surface area contributed by atoms with Crippen molar-refractivity contribution in [3.63, 3.8) is 0 Å².